The van der Waals surface area contributed by atoms with E-state index >= 15 is 0 Å². The second-order valence-electron chi connectivity index (χ2n) is 19.7. The van der Waals surface area contributed by atoms with Gasteiger partial charge in [-0.25, -0.2) is 0 Å². The maximum absolute atomic E-state index is 13.8. The summed E-state index contributed by atoms with van der Waals surface area (Å²) in [5.74, 6) is -1.54. The van der Waals surface area contributed by atoms with E-state index in [4.69, 9.17) is 18.4 Å². The highest BCUT2D eigenvalue weighted by molar-refractivity contribution is 7.86. The SMILES string of the molecule is CCCCCCCCCCCCCC(=O)O[C@@H](CCCCCCCCCCC)CC(=O)N[C@H]1C(O)O[C@H](COS(=O)(=O)c2ccc(C)cc2)[C@@H](O)[C@@H]1OC(=O)CCCCCCCCCCCCC. The Hall–Kier alpha value is -2.58. The predicted octanol–water partition coefficient (Wildman–Crippen LogP) is 12.8. The van der Waals surface area contributed by atoms with E-state index in [1.54, 1.807) is 12.1 Å². The van der Waals surface area contributed by atoms with E-state index in [2.05, 4.69) is 26.1 Å². The fourth-order valence-corrected chi connectivity index (χ4v) is 9.87. The van der Waals surface area contributed by atoms with Crippen LogP contribution in [0.1, 0.15) is 251 Å². The molecule has 2 rings (SSSR count). The molecule has 1 unspecified atom stereocenters. The third-order valence-corrected chi connectivity index (χ3v) is 14.6. The van der Waals surface area contributed by atoms with Crippen molar-refractivity contribution in [2.75, 3.05) is 6.61 Å². The lowest BCUT2D eigenvalue weighted by atomic mass is 9.96. The fraction of sp³-hybridized carbons (Fsp3) is 0.836. The number of aliphatic hydroxyl groups excluding tert-OH is 2. The van der Waals surface area contributed by atoms with Gasteiger partial charge in [-0.3, -0.25) is 18.6 Å². The molecule has 1 aliphatic heterocycles. The molecule has 1 aliphatic rings. The molecule has 0 saturated carbocycles. The highest BCUT2D eigenvalue weighted by atomic mass is 32.2. The van der Waals surface area contributed by atoms with Gasteiger partial charge >= 0.3 is 11.9 Å². The van der Waals surface area contributed by atoms with Gasteiger partial charge in [0.15, 0.2) is 12.4 Å². The summed E-state index contributed by atoms with van der Waals surface area (Å²) in [6.45, 7) is 7.80. The number of esters is 2. The largest absolute Gasteiger partial charge is 0.462 e. The number of hydrogen-bond donors (Lipinski definition) is 3. The molecule has 1 heterocycles. The predicted molar refractivity (Wildman–Crippen MR) is 272 cm³/mol. The number of carbonyl (C=O) groups is 3. The third kappa shape index (κ3) is 28.9. The lowest BCUT2D eigenvalue weighted by Crippen LogP contribution is -2.65. The van der Waals surface area contributed by atoms with Crippen LogP contribution in [0.3, 0.4) is 0 Å². The van der Waals surface area contributed by atoms with E-state index in [-0.39, 0.29) is 30.1 Å². The van der Waals surface area contributed by atoms with Crippen LogP contribution < -0.4 is 5.32 Å². The van der Waals surface area contributed by atoms with Gasteiger partial charge in [-0.05, 0) is 44.7 Å². The molecule has 12 nitrogen and oxygen atoms in total. The van der Waals surface area contributed by atoms with Crippen LogP contribution in [-0.2, 0) is 42.9 Å². The second kappa shape index (κ2) is 39.1. The average Bonchev–Trinajstić information content (AvgIpc) is 3.31. The number of benzene rings is 1. The molecule has 3 N–H and O–H groups in total. The Balaban J connectivity index is 2.06. The van der Waals surface area contributed by atoms with Gasteiger partial charge in [-0.15, -0.1) is 0 Å². The van der Waals surface area contributed by atoms with Gasteiger partial charge in [0.05, 0.1) is 17.9 Å². The summed E-state index contributed by atoms with van der Waals surface area (Å²) in [5, 5.41) is 25.6. The first-order chi connectivity index (χ1) is 32.9. The highest BCUT2D eigenvalue weighted by Gasteiger charge is 2.48. The lowest BCUT2D eigenvalue weighted by Gasteiger charge is -2.42. The number of rotatable bonds is 43. The molecule has 394 valence electrons. The number of amides is 1. The molecule has 0 spiro atoms. The summed E-state index contributed by atoms with van der Waals surface area (Å²) in [7, 11) is -4.27. The Morgan fingerprint density at radius 3 is 1.47 bits per heavy atom. The Kier molecular flexibility index (Phi) is 35.4. The van der Waals surface area contributed by atoms with E-state index in [0.29, 0.717) is 12.8 Å². The van der Waals surface area contributed by atoms with Gasteiger partial charge in [0.1, 0.15) is 24.4 Å². The van der Waals surface area contributed by atoms with Gasteiger partial charge in [0.2, 0.25) is 5.91 Å². The molecular formula is C55H97NO11S. The fourth-order valence-electron chi connectivity index (χ4n) is 8.95. The van der Waals surface area contributed by atoms with E-state index in [1.807, 2.05) is 6.92 Å². The smallest absolute Gasteiger partial charge is 0.306 e. The molecule has 0 aromatic heterocycles. The lowest BCUT2D eigenvalue weighted by molar-refractivity contribution is -0.257. The molecule has 0 aliphatic carbocycles. The van der Waals surface area contributed by atoms with E-state index in [9.17, 15) is 33.0 Å². The van der Waals surface area contributed by atoms with Crippen LogP contribution in [0.2, 0.25) is 0 Å². The summed E-state index contributed by atoms with van der Waals surface area (Å²) >= 11 is 0. The summed E-state index contributed by atoms with van der Waals surface area (Å²) in [6, 6.07) is 4.67. The molecule has 0 radical (unpaired) electrons. The zero-order chi connectivity index (χ0) is 49.7. The first-order valence-electron chi connectivity index (χ1n) is 27.6. The highest BCUT2D eigenvalue weighted by Crippen LogP contribution is 2.26. The Labute approximate surface area is 413 Å². The maximum Gasteiger partial charge on any atom is 0.306 e. The molecule has 13 heteroatoms. The van der Waals surface area contributed by atoms with Crippen LogP contribution in [0.15, 0.2) is 29.2 Å². The van der Waals surface area contributed by atoms with Crippen molar-refractivity contribution in [2.45, 2.75) is 294 Å². The van der Waals surface area contributed by atoms with E-state index in [0.717, 1.165) is 82.6 Å². The molecule has 68 heavy (non-hydrogen) atoms. The zero-order valence-corrected chi connectivity index (χ0v) is 44.0. The van der Waals surface area contributed by atoms with Gasteiger partial charge in [-0.1, -0.05) is 218 Å². The van der Waals surface area contributed by atoms with E-state index in [1.165, 1.54) is 128 Å². The van der Waals surface area contributed by atoms with Gasteiger partial charge < -0.3 is 29.7 Å². The van der Waals surface area contributed by atoms with Crippen LogP contribution in [0.5, 0.6) is 0 Å². The quantitative estimate of drug-likeness (QED) is 0.0323. The minimum atomic E-state index is -4.27. The van der Waals surface area contributed by atoms with Crippen molar-refractivity contribution >= 4 is 28.0 Å². The van der Waals surface area contributed by atoms with Crippen molar-refractivity contribution in [3.05, 3.63) is 29.8 Å². The van der Waals surface area contributed by atoms with Crippen molar-refractivity contribution in [1.29, 1.82) is 0 Å². The van der Waals surface area contributed by atoms with Crippen LogP contribution in [0, 0.1) is 6.92 Å². The van der Waals surface area contributed by atoms with E-state index < -0.39 is 65.3 Å². The first kappa shape index (κ1) is 61.5. The number of hydrogen-bond acceptors (Lipinski definition) is 11. The second-order valence-corrected chi connectivity index (χ2v) is 21.3. The molecule has 1 saturated heterocycles. The summed E-state index contributed by atoms with van der Waals surface area (Å²) in [4.78, 5) is 40.2. The Morgan fingerprint density at radius 1 is 0.603 bits per heavy atom. The van der Waals surface area contributed by atoms with Crippen molar-refractivity contribution in [1.82, 2.24) is 5.32 Å². The summed E-state index contributed by atoms with van der Waals surface area (Å²) in [5.41, 5.74) is 0.858. The molecule has 6 atom stereocenters. The number of ether oxygens (including phenoxy) is 3. The minimum absolute atomic E-state index is 0.0662. The van der Waals surface area contributed by atoms with Crippen LogP contribution in [0.4, 0.5) is 0 Å². The first-order valence-corrected chi connectivity index (χ1v) is 29.0. The number of aliphatic hydroxyl groups is 2. The van der Waals surface area contributed by atoms with Crippen molar-refractivity contribution in [3.8, 4) is 0 Å². The molecule has 1 aromatic rings. The van der Waals surface area contributed by atoms with Gasteiger partial charge in [0.25, 0.3) is 10.1 Å². The minimum Gasteiger partial charge on any atom is -0.462 e. The molecule has 1 aromatic carbocycles. The van der Waals surface area contributed by atoms with Crippen LogP contribution in [-0.4, -0.2) is 79.8 Å². The normalized spacial score (nSPS) is 18.9. The standard InChI is InChI=1S/C55H97NO11S/c1-5-8-11-14-17-20-22-25-28-31-34-37-50(58)65-46(36-33-30-27-24-19-16-13-10-7-3)43-49(57)56-52-54(67-51(59)38-35-32-29-26-23-21-18-15-12-9-6-2)53(60)48(66-55(52)61)44-64-68(62,63)47-41-39-45(4)40-42-47/h39-42,46,48,52-55,60-61H,5-38,43-44H2,1-4H3,(H,56,57)/t46-,48+,52+,53+,54+,55?/m0/s1. The Morgan fingerprint density at radius 2 is 1.01 bits per heavy atom. The van der Waals surface area contributed by atoms with Crippen molar-refractivity contribution in [2.24, 2.45) is 0 Å². The summed E-state index contributed by atoms with van der Waals surface area (Å²) < 4.78 is 48.8. The number of aryl methyl sites for hydroxylation is 1. The number of unbranched alkanes of at least 4 members (excludes halogenated alkanes) is 28. The van der Waals surface area contributed by atoms with Crippen molar-refractivity contribution in [3.63, 3.8) is 0 Å². The molecular weight excluding hydrogens is 883 g/mol. The summed E-state index contributed by atoms with van der Waals surface area (Å²) in [6.07, 6.45) is 28.6. The molecule has 1 amide bonds. The maximum atomic E-state index is 13.8. The van der Waals surface area contributed by atoms with Crippen molar-refractivity contribution < 1.29 is 51.4 Å². The monoisotopic (exact) mass is 980 g/mol. The van der Waals surface area contributed by atoms with Crippen LogP contribution >= 0.6 is 0 Å². The van der Waals surface area contributed by atoms with Gasteiger partial charge in [0, 0.05) is 12.8 Å². The number of carbonyl (C=O) groups excluding carboxylic acids is 3. The van der Waals surface area contributed by atoms with Crippen LogP contribution in [0.25, 0.3) is 0 Å². The number of nitrogens with one attached hydrogen (secondary N) is 1. The average molecular weight is 980 g/mol. The topological polar surface area (TPSA) is 175 Å². The molecule has 0 bridgehead atoms. The molecule has 1 fully saturated rings. The zero-order valence-electron chi connectivity index (χ0n) is 43.2. The van der Waals surface area contributed by atoms with Gasteiger partial charge in [-0.2, -0.15) is 8.42 Å². The third-order valence-electron chi connectivity index (χ3n) is 13.3. The Bertz CT molecular complexity index is 1540.